The molecule has 3 heterocycles. The zero-order valence-electron chi connectivity index (χ0n) is 10.7. The third kappa shape index (κ3) is 2.50. The van der Waals surface area contributed by atoms with Crippen LogP contribution in [0, 0.1) is 0 Å². The van der Waals surface area contributed by atoms with Crippen molar-refractivity contribution in [1.29, 1.82) is 0 Å². The van der Waals surface area contributed by atoms with Crippen molar-refractivity contribution < 1.29 is 4.39 Å². The van der Waals surface area contributed by atoms with Crippen LogP contribution >= 0.6 is 11.3 Å². The molecule has 1 fully saturated rings. The molecule has 1 aliphatic heterocycles. The van der Waals surface area contributed by atoms with Crippen LogP contribution in [0.1, 0.15) is 17.8 Å². The van der Waals surface area contributed by atoms with Gasteiger partial charge in [0.25, 0.3) is 0 Å². The van der Waals surface area contributed by atoms with Gasteiger partial charge in [0.15, 0.2) is 11.5 Å². The molecule has 100 valence electrons. The van der Waals surface area contributed by atoms with Crippen LogP contribution in [0.3, 0.4) is 0 Å². The Bertz CT molecular complexity index is 549. The van der Waals surface area contributed by atoms with Gasteiger partial charge in [0.2, 0.25) is 0 Å². The first kappa shape index (κ1) is 12.6. The second-order valence-corrected chi connectivity index (χ2v) is 5.90. The summed E-state index contributed by atoms with van der Waals surface area (Å²) in [5.41, 5.74) is -1.29. The average Bonchev–Trinajstić information content (AvgIpc) is 2.94. The van der Waals surface area contributed by atoms with E-state index in [0.29, 0.717) is 23.7 Å². The van der Waals surface area contributed by atoms with Crippen molar-refractivity contribution in [1.82, 2.24) is 19.9 Å². The predicted octanol–water partition coefficient (Wildman–Crippen LogP) is 2.49. The molecule has 0 unspecified atom stereocenters. The molecular weight excluding hydrogens is 263 g/mol. The van der Waals surface area contributed by atoms with Crippen molar-refractivity contribution in [2.24, 2.45) is 0 Å². The Hall–Kier alpha value is -1.40. The highest BCUT2D eigenvalue weighted by Crippen LogP contribution is 2.40. The number of halogens is 1. The summed E-state index contributed by atoms with van der Waals surface area (Å²) >= 11 is 1.36. The molecule has 3 rings (SSSR count). The number of hydrogen-bond donors (Lipinski definition) is 0. The first-order valence-corrected chi connectivity index (χ1v) is 7.10. The van der Waals surface area contributed by atoms with E-state index in [9.17, 15) is 4.39 Å². The number of piperidine rings is 1. The molecule has 0 aromatic carbocycles. The Morgan fingerprint density at radius 1 is 1.21 bits per heavy atom. The molecule has 1 saturated heterocycles. The first-order valence-electron chi connectivity index (χ1n) is 6.28. The van der Waals surface area contributed by atoms with E-state index in [-0.39, 0.29) is 0 Å². The Kier molecular flexibility index (Phi) is 3.28. The van der Waals surface area contributed by atoms with Crippen molar-refractivity contribution in [2.45, 2.75) is 18.5 Å². The van der Waals surface area contributed by atoms with Crippen molar-refractivity contribution in [2.75, 3.05) is 20.1 Å². The quantitative estimate of drug-likeness (QED) is 0.846. The molecule has 4 nitrogen and oxygen atoms in total. The summed E-state index contributed by atoms with van der Waals surface area (Å²) in [4.78, 5) is 15.6. The van der Waals surface area contributed by atoms with Crippen molar-refractivity contribution >= 4 is 11.3 Å². The van der Waals surface area contributed by atoms with Gasteiger partial charge in [-0.2, -0.15) is 0 Å². The smallest absolute Gasteiger partial charge is 0.171 e. The number of alkyl halides is 1. The molecule has 2 aromatic rings. The summed E-state index contributed by atoms with van der Waals surface area (Å²) in [5, 5.41) is 0.558. The molecule has 0 saturated carbocycles. The monoisotopic (exact) mass is 278 g/mol. The van der Waals surface area contributed by atoms with Gasteiger partial charge in [0.05, 0.1) is 4.88 Å². The van der Waals surface area contributed by atoms with Crippen molar-refractivity contribution in [3.05, 3.63) is 29.7 Å². The van der Waals surface area contributed by atoms with E-state index in [4.69, 9.17) is 0 Å². The second kappa shape index (κ2) is 4.94. The number of nitrogens with zero attached hydrogens (tertiary/aromatic N) is 4. The van der Waals surface area contributed by atoms with E-state index in [0.717, 1.165) is 18.0 Å². The topological polar surface area (TPSA) is 41.9 Å². The molecule has 0 aliphatic carbocycles. The van der Waals surface area contributed by atoms with Crippen LogP contribution in [0.25, 0.3) is 10.7 Å². The largest absolute Gasteiger partial charge is 0.306 e. The van der Waals surface area contributed by atoms with Crippen LogP contribution in [0.15, 0.2) is 24.7 Å². The lowest BCUT2D eigenvalue weighted by molar-refractivity contribution is 0.0671. The molecule has 0 bridgehead atoms. The molecular formula is C13H15FN4S. The molecule has 0 atom stereocenters. The maximum Gasteiger partial charge on any atom is 0.171 e. The van der Waals surface area contributed by atoms with Gasteiger partial charge in [0, 0.05) is 44.5 Å². The van der Waals surface area contributed by atoms with E-state index in [1.807, 2.05) is 7.05 Å². The lowest BCUT2D eigenvalue weighted by Gasteiger charge is -2.32. The zero-order chi connectivity index (χ0) is 13.3. The van der Waals surface area contributed by atoms with Gasteiger partial charge < -0.3 is 4.90 Å². The van der Waals surface area contributed by atoms with Crippen LogP contribution in [0.5, 0.6) is 0 Å². The number of aromatic nitrogens is 3. The van der Waals surface area contributed by atoms with Gasteiger partial charge in [-0.05, 0) is 13.1 Å². The number of hydrogen-bond acceptors (Lipinski definition) is 5. The maximum absolute atomic E-state index is 14.9. The zero-order valence-corrected chi connectivity index (χ0v) is 11.5. The van der Waals surface area contributed by atoms with Gasteiger partial charge in [-0.15, -0.1) is 11.3 Å². The summed E-state index contributed by atoms with van der Waals surface area (Å²) in [7, 11) is 2.02. The minimum atomic E-state index is -1.29. The predicted molar refractivity (Wildman–Crippen MR) is 72.7 cm³/mol. The molecule has 0 N–H and O–H groups in total. The molecule has 0 radical (unpaired) electrons. The maximum atomic E-state index is 14.9. The van der Waals surface area contributed by atoms with Crippen LogP contribution < -0.4 is 0 Å². The highest BCUT2D eigenvalue weighted by molar-refractivity contribution is 7.15. The van der Waals surface area contributed by atoms with E-state index in [2.05, 4.69) is 19.9 Å². The van der Waals surface area contributed by atoms with E-state index >= 15 is 0 Å². The molecule has 0 spiro atoms. The summed E-state index contributed by atoms with van der Waals surface area (Å²) < 4.78 is 14.9. The molecule has 0 amide bonds. The van der Waals surface area contributed by atoms with Crippen LogP contribution in [-0.2, 0) is 5.67 Å². The molecule has 2 aromatic heterocycles. The molecule has 1 aliphatic rings. The Morgan fingerprint density at radius 2 is 1.89 bits per heavy atom. The number of likely N-dealkylation sites (tertiary alicyclic amines) is 1. The van der Waals surface area contributed by atoms with E-state index < -0.39 is 5.67 Å². The normalized spacial score (nSPS) is 19.5. The third-order valence-electron chi connectivity index (χ3n) is 3.45. The fourth-order valence-electron chi connectivity index (χ4n) is 2.20. The minimum Gasteiger partial charge on any atom is -0.306 e. The van der Waals surface area contributed by atoms with Crippen LogP contribution in [-0.4, -0.2) is 40.0 Å². The van der Waals surface area contributed by atoms with Crippen molar-refractivity contribution in [3.63, 3.8) is 0 Å². The number of thiazole rings is 1. The van der Waals surface area contributed by atoms with Crippen LogP contribution in [0.2, 0.25) is 0 Å². The summed E-state index contributed by atoms with van der Waals surface area (Å²) in [6, 6.07) is 1.76. The fourth-order valence-corrected chi connectivity index (χ4v) is 3.20. The molecule has 6 heteroatoms. The van der Waals surface area contributed by atoms with Gasteiger partial charge in [-0.25, -0.2) is 19.3 Å². The lowest BCUT2D eigenvalue weighted by Crippen LogP contribution is -2.37. The second-order valence-electron chi connectivity index (χ2n) is 4.87. The Morgan fingerprint density at radius 3 is 2.58 bits per heavy atom. The van der Waals surface area contributed by atoms with Crippen LogP contribution in [0.4, 0.5) is 4.39 Å². The summed E-state index contributed by atoms with van der Waals surface area (Å²) in [5.74, 6) is 0.614. The van der Waals surface area contributed by atoms with E-state index in [1.165, 1.54) is 11.3 Å². The third-order valence-corrected chi connectivity index (χ3v) is 4.63. The van der Waals surface area contributed by atoms with Gasteiger partial charge in [-0.1, -0.05) is 0 Å². The van der Waals surface area contributed by atoms with Gasteiger partial charge >= 0.3 is 0 Å². The average molecular weight is 278 g/mol. The highest BCUT2D eigenvalue weighted by atomic mass is 32.1. The fraction of sp³-hybridized carbons (Fsp3) is 0.462. The minimum absolute atomic E-state index is 0.506. The molecule has 19 heavy (non-hydrogen) atoms. The first-order chi connectivity index (χ1) is 9.17. The Balaban J connectivity index is 1.85. The Labute approximate surface area is 115 Å². The van der Waals surface area contributed by atoms with Gasteiger partial charge in [-0.3, -0.25) is 0 Å². The van der Waals surface area contributed by atoms with Crippen molar-refractivity contribution in [3.8, 4) is 10.7 Å². The SMILES string of the molecule is CN1CCC(F)(c2ncc(-c3ncccn3)s2)CC1. The summed E-state index contributed by atoms with van der Waals surface area (Å²) in [6.07, 6.45) is 6.05. The summed E-state index contributed by atoms with van der Waals surface area (Å²) in [6.45, 7) is 1.54. The van der Waals surface area contributed by atoms with E-state index in [1.54, 1.807) is 24.7 Å². The lowest BCUT2D eigenvalue weighted by atomic mass is 9.94. The standard InChI is InChI=1S/C13H15FN4S/c1-18-7-3-13(14,4-8-18)12-17-9-10(19-12)11-15-5-2-6-16-11/h2,5-6,9H,3-4,7-8H2,1H3. The number of rotatable bonds is 2. The van der Waals surface area contributed by atoms with Gasteiger partial charge in [0.1, 0.15) is 5.01 Å². The highest BCUT2D eigenvalue weighted by Gasteiger charge is 2.38.